The largest absolute Gasteiger partial charge is 0.459 e. The first-order chi connectivity index (χ1) is 9.23. The zero-order valence-corrected chi connectivity index (χ0v) is 13.7. The highest BCUT2D eigenvalue weighted by Crippen LogP contribution is 2.25. The number of carbonyl (C=O) groups is 2. The van der Waals surface area contributed by atoms with Gasteiger partial charge in [-0.25, -0.2) is 5.84 Å². The zero-order chi connectivity index (χ0) is 15.3. The number of nitrogen functional groups attached to an aromatic ring is 1. The summed E-state index contributed by atoms with van der Waals surface area (Å²) in [6.45, 7) is 7.48. The summed E-state index contributed by atoms with van der Waals surface area (Å²) in [5.41, 5.74) is 2.70. The Morgan fingerprint density at radius 3 is 2.65 bits per heavy atom. The standard InChI is InChI=1S/C13H20N2O3S2/c1-8-9(5-10(20-8)12(17)15-14)6-19-7-11(16)18-13(2,3)4/h5H,6-7,14H2,1-4H3,(H,15,17). The number of hydrogen-bond donors (Lipinski definition) is 2. The van der Waals surface area contributed by atoms with Crippen LogP contribution in [0.1, 0.15) is 40.9 Å². The van der Waals surface area contributed by atoms with E-state index in [1.54, 1.807) is 0 Å². The van der Waals surface area contributed by atoms with Crippen LogP contribution in [0.4, 0.5) is 0 Å². The molecule has 0 aliphatic rings. The lowest BCUT2D eigenvalue weighted by Gasteiger charge is -2.19. The lowest BCUT2D eigenvalue weighted by Crippen LogP contribution is -2.29. The predicted molar refractivity (Wildman–Crippen MR) is 82.7 cm³/mol. The third-order valence-corrected chi connectivity index (χ3v) is 4.32. The molecule has 0 atom stereocenters. The van der Waals surface area contributed by atoms with Gasteiger partial charge in [-0.05, 0) is 39.3 Å². The Hall–Kier alpha value is -1.05. The molecule has 0 saturated heterocycles. The predicted octanol–water partition coefficient (Wildman–Crippen LogP) is 2.23. The van der Waals surface area contributed by atoms with Crippen LogP contribution in [-0.2, 0) is 15.3 Å². The summed E-state index contributed by atoms with van der Waals surface area (Å²) in [7, 11) is 0. The van der Waals surface area contributed by atoms with Gasteiger partial charge in [-0.15, -0.1) is 23.1 Å². The van der Waals surface area contributed by atoms with Crippen molar-refractivity contribution in [3.8, 4) is 0 Å². The van der Waals surface area contributed by atoms with Gasteiger partial charge in [0.05, 0.1) is 10.6 Å². The monoisotopic (exact) mass is 316 g/mol. The van der Waals surface area contributed by atoms with Gasteiger partial charge in [-0.3, -0.25) is 15.0 Å². The summed E-state index contributed by atoms with van der Waals surface area (Å²) in [6, 6.07) is 1.81. The number of hydrogen-bond acceptors (Lipinski definition) is 6. The minimum atomic E-state index is -0.456. The highest BCUT2D eigenvalue weighted by atomic mass is 32.2. The zero-order valence-electron chi connectivity index (χ0n) is 12.1. The second kappa shape index (κ2) is 7.10. The molecule has 0 aliphatic carbocycles. The van der Waals surface area contributed by atoms with Crippen LogP contribution in [-0.4, -0.2) is 23.2 Å². The van der Waals surface area contributed by atoms with Gasteiger partial charge in [0.2, 0.25) is 0 Å². The Kier molecular flexibility index (Phi) is 6.04. The quantitative estimate of drug-likeness (QED) is 0.377. The molecule has 1 aromatic rings. The smallest absolute Gasteiger partial charge is 0.316 e. The van der Waals surface area contributed by atoms with E-state index in [2.05, 4.69) is 5.43 Å². The summed E-state index contributed by atoms with van der Waals surface area (Å²) in [5.74, 6) is 5.55. The van der Waals surface area contributed by atoms with E-state index in [0.717, 1.165) is 10.4 Å². The number of nitrogens with two attached hydrogens (primary N) is 1. The number of amides is 1. The highest BCUT2D eigenvalue weighted by molar-refractivity contribution is 7.99. The maximum absolute atomic E-state index is 11.6. The molecule has 20 heavy (non-hydrogen) atoms. The molecule has 0 unspecified atom stereocenters. The van der Waals surface area contributed by atoms with Gasteiger partial charge in [-0.1, -0.05) is 0 Å². The average molecular weight is 316 g/mol. The van der Waals surface area contributed by atoms with Crippen molar-refractivity contribution in [1.82, 2.24) is 5.43 Å². The minimum Gasteiger partial charge on any atom is -0.459 e. The Bertz CT molecular complexity index is 492. The lowest BCUT2D eigenvalue weighted by molar-refractivity contribution is -0.151. The van der Waals surface area contributed by atoms with Crippen LogP contribution in [0.15, 0.2) is 6.07 Å². The number of carbonyl (C=O) groups excluding carboxylic acids is 2. The van der Waals surface area contributed by atoms with Crippen LogP contribution in [0.3, 0.4) is 0 Å². The Labute approximate surface area is 127 Å². The first kappa shape index (κ1) is 17.0. The van der Waals surface area contributed by atoms with E-state index in [0.29, 0.717) is 16.4 Å². The maximum Gasteiger partial charge on any atom is 0.316 e. The van der Waals surface area contributed by atoms with Gasteiger partial charge in [0, 0.05) is 10.6 Å². The summed E-state index contributed by atoms with van der Waals surface area (Å²) < 4.78 is 5.23. The van der Waals surface area contributed by atoms with Crippen LogP contribution in [0, 0.1) is 6.92 Å². The number of esters is 1. The van der Waals surface area contributed by atoms with Crippen LogP contribution in [0.2, 0.25) is 0 Å². The molecule has 0 bridgehead atoms. The van der Waals surface area contributed by atoms with Crippen molar-refractivity contribution >= 4 is 35.0 Å². The van der Waals surface area contributed by atoms with Gasteiger partial charge in [0.25, 0.3) is 5.91 Å². The molecule has 5 nitrogen and oxygen atoms in total. The van der Waals surface area contributed by atoms with Gasteiger partial charge in [0.1, 0.15) is 5.60 Å². The van der Waals surface area contributed by atoms with E-state index in [4.69, 9.17) is 10.6 Å². The maximum atomic E-state index is 11.6. The van der Waals surface area contributed by atoms with Crippen molar-refractivity contribution in [2.24, 2.45) is 5.84 Å². The van der Waals surface area contributed by atoms with Crippen LogP contribution < -0.4 is 11.3 Å². The topological polar surface area (TPSA) is 81.4 Å². The second-order valence-corrected chi connectivity index (χ2v) is 7.49. The van der Waals surface area contributed by atoms with E-state index in [-0.39, 0.29) is 11.9 Å². The van der Waals surface area contributed by atoms with Crippen molar-refractivity contribution in [2.75, 3.05) is 5.75 Å². The second-order valence-electron chi connectivity index (χ2n) is 5.24. The Balaban J connectivity index is 2.48. The molecule has 7 heteroatoms. The van der Waals surface area contributed by atoms with E-state index in [1.165, 1.54) is 23.1 Å². The van der Waals surface area contributed by atoms with Crippen molar-refractivity contribution < 1.29 is 14.3 Å². The molecule has 0 fully saturated rings. The van der Waals surface area contributed by atoms with E-state index >= 15 is 0 Å². The van der Waals surface area contributed by atoms with Crippen LogP contribution >= 0.6 is 23.1 Å². The van der Waals surface area contributed by atoms with Crippen LogP contribution in [0.25, 0.3) is 0 Å². The normalized spacial score (nSPS) is 11.2. The number of nitrogens with one attached hydrogen (secondary N) is 1. The molecule has 1 amide bonds. The molecule has 0 aliphatic heterocycles. The number of ether oxygens (including phenoxy) is 1. The number of thiophene rings is 1. The van der Waals surface area contributed by atoms with E-state index in [9.17, 15) is 9.59 Å². The molecule has 3 N–H and O–H groups in total. The lowest BCUT2D eigenvalue weighted by atomic mass is 10.2. The van der Waals surface area contributed by atoms with Gasteiger partial charge < -0.3 is 4.74 Å². The summed E-state index contributed by atoms with van der Waals surface area (Å²) in [4.78, 5) is 24.6. The van der Waals surface area contributed by atoms with E-state index in [1.807, 2.05) is 33.8 Å². The number of aryl methyl sites for hydroxylation is 1. The third kappa shape index (κ3) is 5.52. The molecule has 0 aromatic carbocycles. The van der Waals surface area contributed by atoms with Crippen molar-refractivity contribution in [2.45, 2.75) is 39.0 Å². The molecule has 1 aromatic heterocycles. The molecule has 0 radical (unpaired) electrons. The fraction of sp³-hybridized carbons (Fsp3) is 0.538. The fourth-order valence-electron chi connectivity index (χ4n) is 1.46. The molecule has 1 heterocycles. The molecular weight excluding hydrogens is 296 g/mol. The third-order valence-electron chi connectivity index (χ3n) is 2.27. The number of thioether (sulfide) groups is 1. The van der Waals surface area contributed by atoms with Crippen LogP contribution in [0.5, 0.6) is 0 Å². The van der Waals surface area contributed by atoms with Gasteiger partial charge >= 0.3 is 5.97 Å². The number of rotatable bonds is 5. The molecular formula is C13H20N2O3S2. The Morgan fingerprint density at radius 2 is 2.10 bits per heavy atom. The average Bonchev–Trinajstić information content (AvgIpc) is 2.68. The fourth-order valence-corrected chi connectivity index (χ4v) is 3.35. The Morgan fingerprint density at radius 1 is 1.45 bits per heavy atom. The first-order valence-corrected chi connectivity index (χ1v) is 8.10. The first-order valence-electron chi connectivity index (χ1n) is 6.13. The van der Waals surface area contributed by atoms with Gasteiger partial charge in [0.15, 0.2) is 0 Å². The molecule has 0 saturated carbocycles. The van der Waals surface area contributed by atoms with E-state index < -0.39 is 5.60 Å². The van der Waals surface area contributed by atoms with Crippen molar-refractivity contribution in [3.63, 3.8) is 0 Å². The molecule has 1 rings (SSSR count). The number of hydrazine groups is 1. The summed E-state index contributed by atoms with van der Waals surface area (Å²) in [6.07, 6.45) is 0. The SMILES string of the molecule is Cc1sc(C(=O)NN)cc1CSCC(=O)OC(C)(C)C. The summed E-state index contributed by atoms with van der Waals surface area (Å²) in [5, 5.41) is 0. The van der Waals surface area contributed by atoms with Crippen molar-refractivity contribution in [1.29, 1.82) is 0 Å². The van der Waals surface area contributed by atoms with Gasteiger partial charge in [-0.2, -0.15) is 0 Å². The highest BCUT2D eigenvalue weighted by Gasteiger charge is 2.16. The van der Waals surface area contributed by atoms with Crippen molar-refractivity contribution in [3.05, 3.63) is 21.4 Å². The minimum absolute atomic E-state index is 0.227. The summed E-state index contributed by atoms with van der Waals surface area (Å²) >= 11 is 2.87. The molecule has 0 spiro atoms. The molecule has 112 valence electrons.